The third-order valence-electron chi connectivity index (χ3n) is 4.74. The van der Waals surface area contributed by atoms with Crippen LogP contribution < -0.4 is 0 Å². The van der Waals surface area contributed by atoms with E-state index >= 15 is 0 Å². The smallest absolute Gasteiger partial charge is 0.0474 e. The van der Waals surface area contributed by atoms with Crippen LogP contribution in [0.2, 0.25) is 5.02 Å². The van der Waals surface area contributed by atoms with Gasteiger partial charge in [0.15, 0.2) is 0 Å². The number of H-pyrrole nitrogens is 1. The van der Waals surface area contributed by atoms with Crippen molar-refractivity contribution < 1.29 is 5.11 Å². The number of aliphatic hydroxyl groups is 1. The van der Waals surface area contributed by atoms with Gasteiger partial charge in [0.05, 0.1) is 0 Å². The monoisotopic (exact) mass is 432 g/mol. The molecule has 1 aromatic heterocycles. The fourth-order valence-electron chi connectivity index (χ4n) is 3.23. The summed E-state index contributed by atoms with van der Waals surface area (Å²) in [5.41, 5.74) is 4.88. The summed E-state index contributed by atoms with van der Waals surface area (Å²) in [6.07, 6.45) is 2.29. The third-order valence-corrected chi connectivity index (χ3v) is 5.48. The van der Waals surface area contributed by atoms with Crippen molar-refractivity contribution in [2.24, 2.45) is 5.92 Å². The first-order valence-electron chi connectivity index (χ1n) is 8.73. The van der Waals surface area contributed by atoms with Crippen LogP contribution in [0.3, 0.4) is 0 Å². The van der Waals surface area contributed by atoms with Gasteiger partial charge >= 0.3 is 0 Å². The van der Waals surface area contributed by atoms with Gasteiger partial charge in [-0.1, -0.05) is 52.7 Å². The minimum atomic E-state index is 0.0110. The molecule has 3 aromatic rings. The summed E-state index contributed by atoms with van der Waals surface area (Å²) in [4.78, 5) is 3.51. The number of rotatable bonds is 7. The average Bonchev–Trinajstić information content (AvgIpc) is 2.98. The van der Waals surface area contributed by atoms with Gasteiger partial charge in [-0.25, -0.2) is 0 Å². The van der Waals surface area contributed by atoms with Crippen molar-refractivity contribution in [3.63, 3.8) is 0 Å². The first-order chi connectivity index (χ1) is 12.5. The summed E-state index contributed by atoms with van der Waals surface area (Å²) >= 11 is 9.49. The van der Waals surface area contributed by atoms with Gasteiger partial charge in [-0.3, -0.25) is 0 Å². The van der Waals surface area contributed by atoms with Gasteiger partial charge in [0.25, 0.3) is 0 Å². The highest BCUT2D eigenvalue weighted by molar-refractivity contribution is 9.10. The Kier molecular flexibility index (Phi) is 6.17. The molecule has 1 atom stereocenters. The molecule has 3 N–H and O–H groups in total. The Morgan fingerprint density at radius 3 is 2.62 bits per heavy atom. The van der Waals surface area contributed by atoms with E-state index in [9.17, 15) is 5.11 Å². The molecule has 1 unspecified atom stereocenters. The molecule has 3 rings (SSSR count). The third kappa shape index (κ3) is 4.20. The summed E-state index contributed by atoms with van der Waals surface area (Å²) in [5, 5.41) is 19.7. The van der Waals surface area contributed by atoms with Crippen molar-refractivity contribution in [3.05, 3.63) is 68.8 Å². The molecular weight excluding hydrogens is 412 g/mol. The van der Waals surface area contributed by atoms with Crippen molar-refractivity contribution in [2.75, 3.05) is 6.61 Å². The van der Waals surface area contributed by atoms with Crippen LogP contribution in [-0.4, -0.2) is 22.4 Å². The van der Waals surface area contributed by atoms with E-state index < -0.39 is 0 Å². The molecule has 0 aliphatic rings. The number of hydrogen-bond acceptors (Lipinski definition) is 2. The van der Waals surface area contributed by atoms with Crippen molar-refractivity contribution in [1.29, 1.82) is 5.41 Å². The molecule has 0 bridgehead atoms. The number of aliphatic hydroxyl groups excluding tert-OH is 1. The van der Waals surface area contributed by atoms with Crippen LogP contribution in [0.1, 0.15) is 30.2 Å². The van der Waals surface area contributed by atoms with E-state index in [1.165, 1.54) is 5.56 Å². The maximum atomic E-state index is 9.26. The Morgan fingerprint density at radius 2 is 1.92 bits per heavy atom. The second-order valence-corrected chi connectivity index (χ2v) is 7.97. The number of halogens is 2. The zero-order valence-electron chi connectivity index (χ0n) is 14.7. The summed E-state index contributed by atoms with van der Waals surface area (Å²) in [7, 11) is 0. The van der Waals surface area contributed by atoms with E-state index in [0.29, 0.717) is 12.1 Å². The second kappa shape index (κ2) is 8.38. The van der Waals surface area contributed by atoms with Gasteiger partial charge in [0.2, 0.25) is 0 Å². The predicted octanol–water partition coefficient (Wildman–Crippen LogP) is 5.76. The van der Waals surface area contributed by atoms with E-state index in [2.05, 4.69) is 33.0 Å². The van der Waals surface area contributed by atoms with Crippen molar-refractivity contribution >= 4 is 44.1 Å². The predicted molar refractivity (Wildman–Crippen MR) is 113 cm³/mol. The molecule has 2 aromatic carbocycles. The molecule has 0 spiro atoms. The Morgan fingerprint density at radius 1 is 1.19 bits per heavy atom. The lowest BCUT2D eigenvalue weighted by molar-refractivity contribution is 0.277. The molecule has 136 valence electrons. The maximum absolute atomic E-state index is 9.26. The van der Waals surface area contributed by atoms with Crippen molar-refractivity contribution in [3.8, 4) is 0 Å². The molecule has 0 aliphatic carbocycles. The molecule has 0 saturated heterocycles. The molecule has 0 amide bonds. The van der Waals surface area contributed by atoms with E-state index in [1.807, 2.05) is 37.3 Å². The van der Waals surface area contributed by atoms with Gasteiger partial charge in [-0.2, -0.15) is 0 Å². The highest BCUT2D eigenvalue weighted by Gasteiger charge is 2.20. The first kappa shape index (κ1) is 19.2. The van der Waals surface area contributed by atoms with Crippen LogP contribution in [0.5, 0.6) is 0 Å². The summed E-state index contributed by atoms with van der Waals surface area (Å²) in [5.74, 6) is 0.0110. The number of aromatic amines is 1. The van der Waals surface area contributed by atoms with E-state index in [4.69, 9.17) is 17.0 Å². The Balaban J connectivity index is 1.95. The zero-order chi connectivity index (χ0) is 18.7. The van der Waals surface area contributed by atoms with Crippen LogP contribution in [0.25, 0.3) is 10.9 Å². The molecule has 1 heterocycles. The molecule has 0 aliphatic heterocycles. The highest BCUT2D eigenvalue weighted by atomic mass is 79.9. The second-order valence-electron chi connectivity index (χ2n) is 6.62. The maximum Gasteiger partial charge on any atom is 0.0474 e. The SMILES string of the molecule is CC(CCO)C(=N)c1c(CCc2ccc(Cl)cc2)[nH]c2cc(Br)ccc12. The Hall–Kier alpha value is -1.62. The van der Waals surface area contributed by atoms with Crippen molar-refractivity contribution in [1.82, 2.24) is 4.98 Å². The van der Waals surface area contributed by atoms with E-state index in [1.54, 1.807) is 0 Å². The number of aromatic nitrogens is 1. The number of fused-ring (bicyclic) bond motifs is 1. The van der Waals surface area contributed by atoms with Crippen LogP contribution in [0.15, 0.2) is 46.9 Å². The largest absolute Gasteiger partial charge is 0.396 e. The van der Waals surface area contributed by atoms with Gasteiger partial charge in [-0.15, -0.1) is 0 Å². The minimum Gasteiger partial charge on any atom is -0.396 e. The highest BCUT2D eigenvalue weighted by Crippen LogP contribution is 2.29. The fourth-order valence-corrected chi connectivity index (χ4v) is 3.71. The normalized spacial score (nSPS) is 12.5. The number of benzene rings is 2. The van der Waals surface area contributed by atoms with Crippen molar-refractivity contribution in [2.45, 2.75) is 26.2 Å². The van der Waals surface area contributed by atoms with Crippen LogP contribution in [0.4, 0.5) is 0 Å². The summed E-state index contributed by atoms with van der Waals surface area (Å²) in [6, 6.07) is 14.0. The lowest BCUT2D eigenvalue weighted by Gasteiger charge is -2.13. The molecular formula is C21H22BrClN2O. The fraction of sp³-hybridized carbons (Fsp3) is 0.286. The average molecular weight is 434 g/mol. The van der Waals surface area contributed by atoms with Crippen LogP contribution in [0, 0.1) is 11.3 Å². The Bertz CT molecular complexity index is 918. The lowest BCUT2D eigenvalue weighted by atomic mass is 9.92. The topological polar surface area (TPSA) is 59.9 Å². The molecule has 0 saturated carbocycles. The van der Waals surface area contributed by atoms with Crippen LogP contribution >= 0.6 is 27.5 Å². The quantitative estimate of drug-likeness (QED) is 0.408. The van der Waals surface area contributed by atoms with Gasteiger partial charge < -0.3 is 15.5 Å². The number of hydrogen-bond donors (Lipinski definition) is 3. The molecule has 0 radical (unpaired) electrons. The van der Waals surface area contributed by atoms with Crippen LogP contribution in [-0.2, 0) is 12.8 Å². The van der Waals surface area contributed by atoms with Gasteiger partial charge in [-0.05, 0) is 49.1 Å². The molecule has 0 fully saturated rings. The first-order valence-corrected chi connectivity index (χ1v) is 9.91. The number of aryl methyl sites for hydroxylation is 2. The standard InChI is InChI=1S/C21H22BrClN2O/c1-13(10-11-26)21(24)20-17-8-5-15(22)12-19(17)25-18(20)9-4-14-2-6-16(23)7-3-14/h2-3,5-8,12-13,24-26H,4,9-11H2,1H3. The summed E-state index contributed by atoms with van der Waals surface area (Å²) in [6.45, 7) is 2.09. The molecule has 5 heteroatoms. The summed E-state index contributed by atoms with van der Waals surface area (Å²) < 4.78 is 1.01. The minimum absolute atomic E-state index is 0.0110. The molecule has 3 nitrogen and oxygen atoms in total. The lowest BCUT2D eigenvalue weighted by Crippen LogP contribution is -2.14. The molecule has 26 heavy (non-hydrogen) atoms. The zero-order valence-corrected chi connectivity index (χ0v) is 17.0. The Labute approximate surface area is 167 Å². The van der Waals surface area contributed by atoms with Gasteiger partial charge in [0.1, 0.15) is 0 Å². The number of nitrogens with one attached hydrogen (secondary N) is 2. The van der Waals surface area contributed by atoms with E-state index in [-0.39, 0.29) is 12.5 Å². The van der Waals surface area contributed by atoms with E-state index in [0.717, 1.165) is 44.5 Å². The van der Waals surface area contributed by atoms with Gasteiger partial charge in [0, 0.05) is 49.9 Å².